The van der Waals surface area contributed by atoms with Gasteiger partial charge in [0.05, 0.1) is 5.69 Å². The standard InChI is InChI=1S/C25H37N3O/c1-24(2,3)18-13-19(25(4,5)6)15-21(14-18)28-20(16-22(27-28)23(26)29)12-17-10-8-7-9-11-17/h13-17H,7-12H2,1-6H3,(H2,26,29). The van der Waals surface area contributed by atoms with Crippen molar-refractivity contribution in [3.05, 3.63) is 46.8 Å². The van der Waals surface area contributed by atoms with Gasteiger partial charge in [0.2, 0.25) is 0 Å². The van der Waals surface area contributed by atoms with Crippen LogP contribution in [0.2, 0.25) is 0 Å². The highest BCUT2D eigenvalue weighted by molar-refractivity contribution is 5.90. The van der Waals surface area contributed by atoms with Gasteiger partial charge in [0.1, 0.15) is 0 Å². The minimum Gasteiger partial charge on any atom is -0.364 e. The van der Waals surface area contributed by atoms with E-state index >= 15 is 0 Å². The number of benzene rings is 1. The van der Waals surface area contributed by atoms with E-state index in [-0.39, 0.29) is 10.8 Å². The van der Waals surface area contributed by atoms with Crippen molar-refractivity contribution in [2.45, 2.75) is 90.9 Å². The lowest BCUT2D eigenvalue weighted by Crippen LogP contribution is -2.18. The summed E-state index contributed by atoms with van der Waals surface area (Å²) in [5, 5.41) is 4.63. The third-order valence-corrected chi connectivity index (χ3v) is 6.15. The number of primary amides is 1. The Morgan fingerprint density at radius 1 is 0.966 bits per heavy atom. The molecule has 2 aromatic rings. The molecule has 4 heteroatoms. The molecule has 1 saturated carbocycles. The molecule has 0 saturated heterocycles. The van der Waals surface area contributed by atoms with Crippen molar-refractivity contribution in [2.75, 3.05) is 0 Å². The fraction of sp³-hybridized carbons (Fsp3) is 0.600. The fourth-order valence-corrected chi connectivity index (χ4v) is 4.20. The molecule has 0 spiro atoms. The van der Waals surface area contributed by atoms with Crippen molar-refractivity contribution in [1.29, 1.82) is 0 Å². The Morgan fingerprint density at radius 3 is 2.00 bits per heavy atom. The molecule has 1 aliphatic rings. The van der Waals surface area contributed by atoms with E-state index in [0.29, 0.717) is 11.6 Å². The monoisotopic (exact) mass is 395 g/mol. The normalized spacial score (nSPS) is 16.2. The first kappa shape index (κ1) is 21.6. The summed E-state index contributed by atoms with van der Waals surface area (Å²) in [6.07, 6.45) is 7.40. The van der Waals surface area contributed by atoms with E-state index in [1.807, 2.05) is 10.7 Å². The average Bonchev–Trinajstić information content (AvgIpc) is 3.05. The summed E-state index contributed by atoms with van der Waals surface area (Å²) in [7, 11) is 0. The number of nitrogens with two attached hydrogens (primary N) is 1. The molecule has 3 rings (SSSR count). The second-order valence-electron chi connectivity index (χ2n) is 10.8. The summed E-state index contributed by atoms with van der Waals surface area (Å²) in [5.74, 6) is 0.199. The van der Waals surface area contributed by atoms with E-state index in [4.69, 9.17) is 5.73 Å². The van der Waals surface area contributed by atoms with E-state index in [1.54, 1.807) is 0 Å². The third kappa shape index (κ3) is 5.09. The lowest BCUT2D eigenvalue weighted by atomic mass is 9.80. The molecule has 158 valence electrons. The van der Waals surface area contributed by atoms with Gasteiger partial charge in [0, 0.05) is 5.69 Å². The maximum absolute atomic E-state index is 11.9. The molecule has 0 atom stereocenters. The number of carbonyl (C=O) groups excluding carboxylic acids is 1. The van der Waals surface area contributed by atoms with E-state index in [1.165, 1.54) is 43.2 Å². The van der Waals surface area contributed by atoms with Crippen LogP contribution in [0.5, 0.6) is 0 Å². The minimum absolute atomic E-state index is 0.0270. The van der Waals surface area contributed by atoms with Gasteiger partial charge in [-0.05, 0) is 52.5 Å². The van der Waals surface area contributed by atoms with Gasteiger partial charge < -0.3 is 5.73 Å². The van der Waals surface area contributed by atoms with Crippen LogP contribution in [0, 0.1) is 5.92 Å². The van der Waals surface area contributed by atoms with Crippen molar-refractivity contribution in [3.8, 4) is 5.69 Å². The van der Waals surface area contributed by atoms with E-state index in [0.717, 1.165) is 17.8 Å². The van der Waals surface area contributed by atoms with Crippen LogP contribution in [-0.2, 0) is 17.3 Å². The number of hydrogen-bond donors (Lipinski definition) is 1. The van der Waals surface area contributed by atoms with E-state index in [9.17, 15) is 4.79 Å². The predicted octanol–water partition coefficient (Wildman–Crippen LogP) is 5.69. The Hall–Kier alpha value is -2.10. The molecule has 29 heavy (non-hydrogen) atoms. The molecule has 0 unspecified atom stereocenters. The molecule has 1 heterocycles. The Labute approximate surface area is 175 Å². The van der Waals surface area contributed by atoms with Crippen LogP contribution >= 0.6 is 0 Å². The summed E-state index contributed by atoms with van der Waals surface area (Å²) in [6.45, 7) is 13.4. The first-order chi connectivity index (χ1) is 13.4. The smallest absolute Gasteiger partial charge is 0.269 e. The first-order valence-corrected chi connectivity index (χ1v) is 11.0. The SMILES string of the molecule is CC(C)(C)c1cc(-n2nc(C(N)=O)cc2CC2CCCCC2)cc(C(C)(C)C)c1. The largest absolute Gasteiger partial charge is 0.364 e. The zero-order chi connectivity index (χ0) is 21.4. The average molecular weight is 396 g/mol. The summed E-state index contributed by atoms with van der Waals surface area (Å²) in [4.78, 5) is 11.9. The molecule has 1 fully saturated rings. The maximum atomic E-state index is 11.9. The van der Waals surface area contributed by atoms with Crippen LogP contribution in [0.4, 0.5) is 0 Å². The molecule has 1 aromatic carbocycles. The van der Waals surface area contributed by atoms with Gasteiger partial charge in [-0.3, -0.25) is 4.79 Å². The quantitative estimate of drug-likeness (QED) is 0.723. The second-order valence-corrected chi connectivity index (χ2v) is 10.8. The van der Waals surface area contributed by atoms with Gasteiger partial charge in [-0.25, -0.2) is 4.68 Å². The van der Waals surface area contributed by atoms with E-state index < -0.39 is 5.91 Å². The van der Waals surface area contributed by atoms with Gasteiger partial charge >= 0.3 is 0 Å². The molecule has 1 aliphatic carbocycles. The van der Waals surface area contributed by atoms with Crippen molar-refractivity contribution in [3.63, 3.8) is 0 Å². The third-order valence-electron chi connectivity index (χ3n) is 6.15. The topological polar surface area (TPSA) is 60.9 Å². The van der Waals surface area contributed by atoms with Crippen LogP contribution in [0.15, 0.2) is 24.3 Å². The van der Waals surface area contributed by atoms with Gasteiger partial charge in [-0.15, -0.1) is 0 Å². The maximum Gasteiger partial charge on any atom is 0.269 e. The van der Waals surface area contributed by atoms with Crippen LogP contribution in [0.25, 0.3) is 5.69 Å². The van der Waals surface area contributed by atoms with Crippen molar-refractivity contribution < 1.29 is 4.79 Å². The molecule has 1 aromatic heterocycles. The lowest BCUT2D eigenvalue weighted by molar-refractivity contribution is 0.0995. The highest BCUT2D eigenvalue weighted by Gasteiger charge is 2.24. The van der Waals surface area contributed by atoms with Crippen LogP contribution in [-0.4, -0.2) is 15.7 Å². The van der Waals surface area contributed by atoms with Crippen LogP contribution in [0.3, 0.4) is 0 Å². The van der Waals surface area contributed by atoms with E-state index in [2.05, 4.69) is 64.8 Å². The summed E-state index contributed by atoms with van der Waals surface area (Å²) in [5.41, 5.74) is 10.7. The summed E-state index contributed by atoms with van der Waals surface area (Å²) < 4.78 is 1.97. The minimum atomic E-state index is -0.461. The number of amides is 1. The van der Waals surface area contributed by atoms with Gasteiger partial charge in [-0.1, -0.05) is 79.7 Å². The number of aromatic nitrogens is 2. The summed E-state index contributed by atoms with van der Waals surface area (Å²) in [6, 6.07) is 8.65. The van der Waals surface area contributed by atoms with Crippen LogP contribution < -0.4 is 5.73 Å². The molecule has 0 radical (unpaired) electrons. The second kappa shape index (κ2) is 7.97. The van der Waals surface area contributed by atoms with Crippen LogP contribution in [0.1, 0.15) is 101 Å². The lowest BCUT2D eigenvalue weighted by Gasteiger charge is -2.27. The molecular weight excluding hydrogens is 358 g/mol. The number of hydrogen-bond acceptors (Lipinski definition) is 2. The molecule has 2 N–H and O–H groups in total. The number of rotatable bonds is 4. The number of nitrogens with zero attached hydrogens (tertiary/aromatic N) is 2. The molecule has 4 nitrogen and oxygen atoms in total. The molecule has 0 aliphatic heterocycles. The van der Waals surface area contributed by atoms with Gasteiger partial charge in [0.15, 0.2) is 5.69 Å². The molecule has 0 bridgehead atoms. The summed E-state index contributed by atoms with van der Waals surface area (Å²) >= 11 is 0. The molecular formula is C25H37N3O. The molecule has 1 amide bonds. The number of carbonyl (C=O) groups is 1. The Bertz CT molecular complexity index is 842. The van der Waals surface area contributed by atoms with Crippen molar-refractivity contribution >= 4 is 5.91 Å². The Kier molecular flexibility index (Phi) is 5.93. The predicted molar refractivity (Wildman–Crippen MR) is 120 cm³/mol. The Morgan fingerprint density at radius 2 is 1.52 bits per heavy atom. The Balaban J connectivity index is 2.11. The highest BCUT2D eigenvalue weighted by Crippen LogP contribution is 2.33. The fourth-order valence-electron chi connectivity index (χ4n) is 4.20. The highest BCUT2D eigenvalue weighted by atomic mass is 16.1. The van der Waals surface area contributed by atoms with Gasteiger partial charge in [0.25, 0.3) is 5.91 Å². The zero-order valence-corrected chi connectivity index (χ0v) is 19.0. The first-order valence-electron chi connectivity index (χ1n) is 11.0. The van der Waals surface area contributed by atoms with Gasteiger partial charge in [-0.2, -0.15) is 5.10 Å². The van der Waals surface area contributed by atoms with Crippen molar-refractivity contribution in [2.24, 2.45) is 11.7 Å². The zero-order valence-electron chi connectivity index (χ0n) is 19.0. The van der Waals surface area contributed by atoms with Crippen molar-refractivity contribution in [1.82, 2.24) is 9.78 Å².